The van der Waals surface area contributed by atoms with Crippen molar-refractivity contribution in [2.45, 2.75) is 6.42 Å². The van der Waals surface area contributed by atoms with Gasteiger partial charge in [0.15, 0.2) is 5.22 Å². The van der Waals surface area contributed by atoms with Gasteiger partial charge in [-0.3, -0.25) is 0 Å². The van der Waals surface area contributed by atoms with Gasteiger partial charge in [-0.05, 0) is 36.8 Å². The highest BCUT2D eigenvalue weighted by molar-refractivity contribution is 5.86. The van der Waals surface area contributed by atoms with Crippen LogP contribution in [-0.2, 0) is 0 Å². The molecule has 3 rings (SSSR count). The molecule has 0 nitrogen and oxygen atoms in total. The second kappa shape index (κ2) is 3.05. The summed E-state index contributed by atoms with van der Waals surface area (Å²) in [4.78, 5) is 0. The zero-order valence-corrected chi connectivity index (χ0v) is 8.33. The van der Waals surface area contributed by atoms with E-state index in [1.807, 2.05) is 12.1 Å². The molecule has 70 valence electrons. The minimum absolute atomic E-state index is 0.914. The molecule has 0 radical (unpaired) electrons. The number of allylic oxidation sites excluding steroid dienone is 1. The quantitative estimate of drug-likeness (QED) is 0.562. The van der Waals surface area contributed by atoms with Crippen LogP contribution < -0.4 is 10.4 Å². The number of fused-ring (bicyclic) bond motifs is 2. The van der Waals surface area contributed by atoms with Crippen LogP contribution in [0.15, 0.2) is 36.4 Å². The molecule has 0 fully saturated rings. The summed E-state index contributed by atoms with van der Waals surface area (Å²) in [6.07, 6.45) is 7.38. The van der Waals surface area contributed by atoms with Gasteiger partial charge in [0.2, 0.25) is 1.37 Å². The molecular formula is C15H11+. The molecule has 0 saturated heterocycles. The van der Waals surface area contributed by atoms with Gasteiger partial charge in [-0.15, -0.1) is 0 Å². The largest absolute Gasteiger partial charge is 0.221 e. The number of hydrogen-bond donors (Lipinski definition) is 0. The van der Waals surface area contributed by atoms with Crippen LogP contribution in [0.2, 0.25) is 0 Å². The Morgan fingerprint density at radius 3 is 3.13 bits per heavy atom. The second-order valence-electron chi connectivity index (χ2n) is 3.82. The molecule has 0 heterocycles. The number of hydrogen-bond acceptors (Lipinski definition) is 0. The first-order valence-electron chi connectivity index (χ1n) is 5.63. The maximum atomic E-state index is 7.47. The van der Waals surface area contributed by atoms with E-state index in [1.165, 1.54) is 10.9 Å². The third-order valence-corrected chi connectivity index (χ3v) is 2.88. The molecule has 0 heteroatoms. The lowest BCUT2D eigenvalue weighted by molar-refractivity contribution is 1.41. The third-order valence-electron chi connectivity index (χ3n) is 2.88. The summed E-state index contributed by atoms with van der Waals surface area (Å²) in [5.74, 6) is 0. The van der Waals surface area contributed by atoms with Crippen molar-refractivity contribution in [3.63, 3.8) is 0 Å². The standard InChI is InChI=1S/C15H11/c1-11-14-8-4-2-6-12(14)10-13-7-3-5-9-15(11)13/h1-4,6-10H,5H2/q+1/i1D. The highest BCUT2D eigenvalue weighted by atomic mass is 14.0. The van der Waals surface area contributed by atoms with Crippen molar-refractivity contribution in [3.8, 4) is 0 Å². The van der Waals surface area contributed by atoms with E-state index >= 15 is 0 Å². The van der Waals surface area contributed by atoms with Crippen molar-refractivity contribution < 1.29 is 1.37 Å². The topological polar surface area (TPSA) is 0 Å². The molecule has 0 bridgehead atoms. The molecule has 0 amide bonds. The van der Waals surface area contributed by atoms with E-state index in [2.05, 4.69) is 43.0 Å². The summed E-state index contributed by atoms with van der Waals surface area (Å²) in [5, 5.41) is 4.35. The summed E-state index contributed by atoms with van der Waals surface area (Å²) < 4.78 is 7.47. The molecule has 15 heavy (non-hydrogen) atoms. The summed E-state index contributed by atoms with van der Waals surface area (Å²) in [6.45, 7) is 2.58. The van der Waals surface area contributed by atoms with Crippen LogP contribution in [0.1, 0.15) is 13.4 Å². The minimum Gasteiger partial charge on any atom is -0.0777 e. The monoisotopic (exact) mass is 192 g/mol. The minimum atomic E-state index is 0.914. The molecule has 0 aliphatic heterocycles. The number of benzene rings is 2. The molecule has 2 aromatic rings. The Morgan fingerprint density at radius 1 is 1.27 bits per heavy atom. The summed E-state index contributed by atoms with van der Waals surface area (Å²) >= 11 is 0. The van der Waals surface area contributed by atoms with Gasteiger partial charge in [0.25, 0.3) is 0 Å². The van der Waals surface area contributed by atoms with Crippen molar-refractivity contribution in [3.05, 3.63) is 52.4 Å². The van der Waals surface area contributed by atoms with Crippen molar-refractivity contribution in [2.75, 3.05) is 0 Å². The highest BCUT2D eigenvalue weighted by Gasteiger charge is 2.09. The Bertz CT molecular complexity index is 693. The number of rotatable bonds is 0. The Morgan fingerprint density at radius 2 is 2.20 bits per heavy atom. The zero-order chi connectivity index (χ0) is 11.0. The molecule has 2 aromatic carbocycles. The van der Waals surface area contributed by atoms with Gasteiger partial charge in [-0.25, -0.2) is 0 Å². The van der Waals surface area contributed by atoms with Crippen LogP contribution in [0.4, 0.5) is 0 Å². The molecule has 0 unspecified atom stereocenters. The first-order chi connectivity index (χ1) is 7.90. The van der Waals surface area contributed by atoms with Crippen LogP contribution in [0.5, 0.6) is 0 Å². The summed E-state index contributed by atoms with van der Waals surface area (Å²) in [6, 6.07) is 10.3. The van der Waals surface area contributed by atoms with E-state index in [-0.39, 0.29) is 0 Å². The first-order valence-corrected chi connectivity index (χ1v) is 5.13. The Labute approximate surface area is 90.3 Å². The van der Waals surface area contributed by atoms with Gasteiger partial charge >= 0.3 is 0 Å². The van der Waals surface area contributed by atoms with Gasteiger partial charge in [-0.1, -0.05) is 12.1 Å². The fraction of sp³-hybridized carbons (Fsp3) is 0.0667. The van der Waals surface area contributed by atoms with Gasteiger partial charge < -0.3 is 0 Å². The van der Waals surface area contributed by atoms with Crippen LogP contribution in [0.25, 0.3) is 29.5 Å². The first kappa shape index (κ1) is 7.39. The highest BCUT2D eigenvalue weighted by Crippen LogP contribution is 2.11. The molecule has 0 atom stereocenters. The van der Waals surface area contributed by atoms with Crippen LogP contribution in [-0.4, -0.2) is 0 Å². The van der Waals surface area contributed by atoms with Crippen LogP contribution in [0.3, 0.4) is 0 Å². The van der Waals surface area contributed by atoms with Crippen molar-refractivity contribution in [1.29, 1.82) is 0 Å². The molecule has 0 N–H and O–H groups in total. The normalized spacial score (nSPS) is 15.5. The zero-order valence-electron chi connectivity index (χ0n) is 9.33. The maximum Gasteiger partial charge on any atom is 0.221 e. The lowest BCUT2D eigenvalue weighted by Gasteiger charge is -1.99. The van der Waals surface area contributed by atoms with Crippen molar-refractivity contribution in [1.82, 2.24) is 0 Å². The lowest BCUT2D eigenvalue weighted by Crippen LogP contribution is -2.27. The maximum absolute atomic E-state index is 7.47. The van der Waals surface area contributed by atoms with E-state index < -0.39 is 0 Å². The predicted molar refractivity (Wildman–Crippen MR) is 65.8 cm³/mol. The smallest absolute Gasteiger partial charge is 0.0777 e. The summed E-state index contributed by atoms with van der Waals surface area (Å²) in [7, 11) is 0. The van der Waals surface area contributed by atoms with Crippen molar-refractivity contribution in [2.24, 2.45) is 0 Å². The Hall–Kier alpha value is -1.91. The fourth-order valence-electron chi connectivity index (χ4n) is 2.12. The SMILES string of the molecule is [2H][C+]=c1c2c(cc3ccccc13)C=CCC=2. The summed E-state index contributed by atoms with van der Waals surface area (Å²) in [5.41, 5.74) is 1.19. The third kappa shape index (κ3) is 1.20. The predicted octanol–water partition coefficient (Wildman–Crippen LogP) is 2.32. The van der Waals surface area contributed by atoms with E-state index in [0.29, 0.717) is 0 Å². The second-order valence-corrected chi connectivity index (χ2v) is 3.82. The average Bonchev–Trinajstić information content (AvgIpc) is 2.36. The molecular weight excluding hydrogens is 180 g/mol. The van der Waals surface area contributed by atoms with E-state index in [1.54, 1.807) is 0 Å². The van der Waals surface area contributed by atoms with Gasteiger partial charge in [-0.2, -0.15) is 0 Å². The fourth-order valence-corrected chi connectivity index (χ4v) is 2.12. The molecule has 0 aromatic heterocycles. The van der Waals surface area contributed by atoms with E-state index in [9.17, 15) is 0 Å². The van der Waals surface area contributed by atoms with Gasteiger partial charge in [0.05, 0.1) is 5.22 Å². The van der Waals surface area contributed by atoms with E-state index in [0.717, 1.165) is 22.2 Å². The molecule has 1 aliphatic carbocycles. The lowest BCUT2D eigenvalue weighted by atomic mass is 9.98. The molecule has 1 aliphatic rings. The molecule has 0 saturated carbocycles. The average molecular weight is 192 g/mol. The Balaban J connectivity index is 2.62. The van der Waals surface area contributed by atoms with Crippen LogP contribution in [0, 0.1) is 0 Å². The van der Waals surface area contributed by atoms with Crippen LogP contribution >= 0.6 is 0 Å². The van der Waals surface area contributed by atoms with Gasteiger partial charge in [0, 0.05) is 23.6 Å². The molecule has 0 spiro atoms. The van der Waals surface area contributed by atoms with Gasteiger partial charge in [0.1, 0.15) is 5.39 Å². The van der Waals surface area contributed by atoms with E-state index in [4.69, 9.17) is 1.37 Å². The van der Waals surface area contributed by atoms with Crippen molar-refractivity contribution >= 4 is 29.5 Å². The Kier molecular flexibility index (Phi) is 1.50.